The summed E-state index contributed by atoms with van der Waals surface area (Å²) in [6.07, 6.45) is 2.12. The van der Waals surface area contributed by atoms with E-state index < -0.39 is 15.9 Å². The Bertz CT molecular complexity index is 707. The molecule has 2 rings (SSSR count). The second kappa shape index (κ2) is 9.00. The van der Waals surface area contributed by atoms with Crippen LogP contribution in [0.1, 0.15) is 33.1 Å². The molecule has 0 N–H and O–H groups in total. The van der Waals surface area contributed by atoms with Crippen LogP contribution in [0.5, 0.6) is 5.75 Å². The van der Waals surface area contributed by atoms with E-state index in [1.807, 2.05) is 6.92 Å². The second-order valence-electron chi connectivity index (χ2n) is 5.89. The van der Waals surface area contributed by atoms with Crippen LogP contribution in [-0.4, -0.2) is 45.0 Å². The van der Waals surface area contributed by atoms with Crippen LogP contribution in [0.2, 0.25) is 0 Å². The molecule has 1 aromatic rings. The summed E-state index contributed by atoms with van der Waals surface area (Å²) >= 11 is 3.37. The van der Waals surface area contributed by atoms with Gasteiger partial charge < -0.3 is 9.47 Å². The predicted octanol–water partition coefficient (Wildman–Crippen LogP) is 3.20. The van der Waals surface area contributed by atoms with Gasteiger partial charge >= 0.3 is 5.97 Å². The van der Waals surface area contributed by atoms with Gasteiger partial charge in [0.2, 0.25) is 10.0 Å². The zero-order valence-electron chi connectivity index (χ0n) is 14.5. The fraction of sp³-hybridized carbons (Fsp3) is 0.588. The number of carbonyl (C=O) groups excluding carboxylic acids is 1. The fourth-order valence-corrected chi connectivity index (χ4v) is 4.63. The van der Waals surface area contributed by atoms with Crippen molar-refractivity contribution < 1.29 is 22.7 Å². The van der Waals surface area contributed by atoms with Crippen LogP contribution in [0.15, 0.2) is 27.6 Å². The molecule has 1 aliphatic heterocycles. The molecule has 0 aliphatic carbocycles. The summed E-state index contributed by atoms with van der Waals surface area (Å²) in [6, 6.07) is 4.75. The van der Waals surface area contributed by atoms with E-state index in [2.05, 4.69) is 15.9 Å². The average Bonchev–Trinajstić information content (AvgIpc) is 2.61. The third-order valence-electron chi connectivity index (χ3n) is 4.01. The highest BCUT2D eigenvalue weighted by molar-refractivity contribution is 9.10. The van der Waals surface area contributed by atoms with Crippen LogP contribution >= 0.6 is 15.9 Å². The van der Waals surface area contributed by atoms with E-state index in [0.29, 0.717) is 42.8 Å². The summed E-state index contributed by atoms with van der Waals surface area (Å²) in [5.74, 6) is -0.234. The molecule has 0 radical (unpaired) electrons. The van der Waals surface area contributed by atoms with Crippen molar-refractivity contribution in [3.05, 3.63) is 22.7 Å². The summed E-state index contributed by atoms with van der Waals surface area (Å²) in [6.45, 7) is 5.10. The molecular formula is C17H24BrNO5S. The van der Waals surface area contributed by atoms with E-state index in [1.54, 1.807) is 19.1 Å². The largest absolute Gasteiger partial charge is 0.492 e. The first-order valence-electron chi connectivity index (χ1n) is 8.49. The number of benzene rings is 1. The van der Waals surface area contributed by atoms with E-state index in [1.165, 1.54) is 10.4 Å². The van der Waals surface area contributed by atoms with Crippen molar-refractivity contribution in [1.29, 1.82) is 0 Å². The number of ether oxygens (including phenoxy) is 2. The normalized spacial score (nSPS) is 18.8. The minimum Gasteiger partial charge on any atom is -0.492 e. The highest BCUT2D eigenvalue weighted by Crippen LogP contribution is 2.31. The van der Waals surface area contributed by atoms with Gasteiger partial charge in [0.25, 0.3) is 0 Å². The van der Waals surface area contributed by atoms with E-state index in [4.69, 9.17) is 9.47 Å². The van der Waals surface area contributed by atoms with Gasteiger partial charge in [0.15, 0.2) is 0 Å². The number of nitrogens with zero attached hydrogens (tertiary/aromatic N) is 1. The van der Waals surface area contributed by atoms with Crippen molar-refractivity contribution >= 4 is 31.9 Å². The molecule has 0 bridgehead atoms. The van der Waals surface area contributed by atoms with Crippen molar-refractivity contribution in [2.24, 2.45) is 5.92 Å². The summed E-state index contributed by atoms with van der Waals surface area (Å²) in [5, 5.41) is 0. The average molecular weight is 434 g/mol. The minimum absolute atomic E-state index is 0.155. The topological polar surface area (TPSA) is 72.9 Å². The second-order valence-corrected chi connectivity index (χ2v) is 8.69. The lowest BCUT2D eigenvalue weighted by Crippen LogP contribution is -2.42. The van der Waals surface area contributed by atoms with E-state index in [0.717, 1.165) is 6.42 Å². The zero-order chi connectivity index (χ0) is 18.4. The molecule has 0 amide bonds. The SMILES string of the molecule is CCCOc1cc(S(=O)(=O)N2CCC[C@@H](C(=O)OCC)C2)ccc1Br. The van der Waals surface area contributed by atoms with E-state index >= 15 is 0 Å². The smallest absolute Gasteiger partial charge is 0.310 e. The lowest BCUT2D eigenvalue weighted by Gasteiger charge is -2.30. The molecular weight excluding hydrogens is 410 g/mol. The van der Waals surface area contributed by atoms with Crippen molar-refractivity contribution in [2.75, 3.05) is 26.3 Å². The number of piperidine rings is 1. The number of hydrogen-bond acceptors (Lipinski definition) is 5. The molecule has 0 unspecified atom stereocenters. The maximum atomic E-state index is 13.0. The Morgan fingerprint density at radius 3 is 2.80 bits per heavy atom. The van der Waals surface area contributed by atoms with Crippen molar-refractivity contribution in [3.8, 4) is 5.75 Å². The van der Waals surface area contributed by atoms with Gasteiger partial charge in [-0.05, 0) is 54.2 Å². The molecule has 6 nitrogen and oxygen atoms in total. The highest BCUT2D eigenvalue weighted by Gasteiger charge is 2.34. The Kier molecular flexibility index (Phi) is 7.27. The summed E-state index contributed by atoms with van der Waals surface area (Å²) in [4.78, 5) is 12.1. The Labute approximate surface area is 157 Å². The molecule has 0 spiro atoms. The number of sulfonamides is 1. The molecule has 0 saturated carbocycles. The molecule has 1 atom stereocenters. The van der Waals surface area contributed by atoms with Gasteiger partial charge in [-0.2, -0.15) is 4.31 Å². The van der Waals surface area contributed by atoms with E-state index in [9.17, 15) is 13.2 Å². The highest BCUT2D eigenvalue weighted by atomic mass is 79.9. The quantitative estimate of drug-likeness (QED) is 0.617. The maximum absolute atomic E-state index is 13.0. The van der Waals surface area contributed by atoms with Gasteiger partial charge in [-0.25, -0.2) is 8.42 Å². The summed E-state index contributed by atoms with van der Waals surface area (Å²) < 4.78 is 38.6. The standard InChI is InChI=1S/C17H24BrNO5S/c1-3-10-24-16-11-14(7-8-15(16)18)25(21,22)19-9-5-6-13(12-19)17(20)23-4-2/h7-8,11,13H,3-6,9-10,12H2,1-2H3/t13-/m1/s1. The Hall–Kier alpha value is -1.12. The van der Waals surface area contributed by atoms with Crippen LogP contribution in [0.25, 0.3) is 0 Å². The molecule has 8 heteroatoms. The van der Waals surface area contributed by atoms with Gasteiger partial charge in [0, 0.05) is 19.2 Å². The maximum Gasteiger partial charge on any atom is 0.310 e. The number of esters is 1. The first-order valence-corrected chi connectivity index (χ1v) is 10.7. The van der Waals surface area contributed by atoms with Gasteiger partial charge in [-0.1, -0.05) is 6.92 Å². The van der Waals surface area contributed by atoms with Crippen molar-refractivity contribution in [3.63, 3.8) is 0 Å². The summed E-state index contributed by atoms with van der Waals surface area (Å²) in [5.41, 5.74) is 0. The molecule has 140 valence electrons. The Morgan fingerprint density at radius 2 is 2.12 bits per heavy atom. The van der Waals surface area contributed by atoms with Crippen LogP contribution in [0, 0.1) is 5.92 Å². The van der Waals surface area contributed by atoms with Crippen LogP contribution in [-0.2, 0) is 19.6 Å². The molecule has 0 aromatic heterocycles. The number of hydrogen-bond donors (Lipinski definition) is 0. The fourth-order valence-electron chi connectivity index (χ4n) is 2.73. The van der Waals surface area contributed by atoms with Gasteiger partial charge in [0.1, 0.15) is 5.75 Å². The van der Waals surface area contributed by atoms with Crippen molar-refractivity contribution in [2.45, 2.75) is 38.0 Å². The monoisotopic (exact) mass is 433 g/mol. The van der Waals surface area contributed by atoms with Crippen molar-refractivity contribution in [1.82, 2.24) is 4.31 Å². The first kappa shape index (κ1) is 20.2. The molecule has 25 heavy (non-hydrogen) atoms. The van der Waals surface area contributed by atoms with Crippen LogP contribution in [0.4, 0.5) is 0 Å². The minimum atomic E-state index is -3.68. The lowest BCUT2D eigenvalue weighted by molar-refractivity contribution is -0.149. The summed E-state index contributed by atoms with van der Waals surface area (Å²) in [7, 11) is -3.68. The Balaban J connectivity index is 2.21. The third kappa shape index (κ3) is 4.95. The molecule has 1 fully saturated rings. The zero-order valence-corrected chi connectivity index (χ0v) is 16.9. The lowest BCUT2D eigenvalue weighted by atomic mass is 10.0. The predicted molar refractivity (Wildman–Crippen MR) is 98.0 cm³/mol. The number of rotatable bonds is 7. The number of carbonyl (C=O) groups is 1. The van der Waals surface area contributed by atoms with Gasteiger partial charge in [-0.3, -0.25) is 4.79 Å². The molecule has 1 heterocycles. The van der Waals surface area contributed by atoms with Gasteiger partial charge in [0.05, 0.1) is 28.5 Å². The third-order valence-corrected chi connectivity index (χ3v) is 6.52. The number of halogens is 1. The molecule has 1 aliphatic rings. The van der Waals surface area contributed by atoms with Crippen LogP contribution < -0.4 is 4.74 Å². The first-order chi connectivity index (χ1) is 11.9. The van der Waals surface area contributed by atoms with Gasteiger partial charge in [-0.15, -0.1) is 0 Å². The molecule has 1 aromatic carbocycles. The van der Waals surface area contributed by atoms with Crippen LogP contribution in [0.3, 0.4) is 0 Å². The molecule has 1 saturated heterocycles. The van der Waals surface area contributed by atoms with E-state index in [-0.39, 0.29) is 17.4 Å². The Morgan fingerprint density at radius 1 is 1.36 bits per heavy atom.